The van der Waals surface area contributed by atoms with E-state index in [-0.39, 0.29) is 11.1 Å². The fraction of sp³-hybridized carbons (Fsp3) is 0.429. The van der Waals surface area contributed by atoms with Crippen molar-refractivity contribution in [2.45, 2.75) is 38.8 Å². The molecule has 4 rings (SSSR count). The van der Waals surface area contributed by atoms with E-state index < -0.39 is 0 Å². The van der Waals surface area contributed by atoms with Crippen molar-refractivity contribution in [2.24, 2.45) is 0 Å². The van der Waals surface area contributed by atoms with E-state index in [4.69, 9.17) is 0 Å². The van der Waals surface area contributed by atoms with Gasteiger partial charge in [0.05, 0.1) is 0 Å². The van der Waals surface area contributed by atoms with Crippen molar-refractivity contribution in [3.8, 4) is 0 Å². The van der Waals surface area contributed by atoms with Crippen LogP contribution in [0.2, 0.25) is 0 Å². The van der Waals surface area contributed by atoms with Gasteiger partial charge in [-0.05, 0) is 0 Å². The minimum atomic E-state index is -0.324. The quantitative estimate of drug-likeness (QED) is 0.457. The molecule has 0 spiro atoms. The Balaban J connectivity index is 1.63. The molecule has 8 heteroatoms. The maximum absolute atomic E-state index is 12.6. The van der Waals surface area contributed by atoms with E-state index in [0.717, 1.165) is 0 Å². The van der Waals surface area contributed by atoms with Gasteiger partial charge in [0.15, 0.2) is 0 Å². The zero-order chi connectivity index (χ0) is 15.7. The zero-order valence-electron chi connectivity index (χ0n) is 12.5. The average Bonchev–Trinajstić information content (AvgIpc) is 3.12. The molecular weight excluding hydrogens is 484 g/mol. The summed E-state index contributed by atoms with van der Waals surface area (Å²) in [5.74, 6) is 0. The SMILES string of the molecule is CC1(C)C2=C([Se]C(=C3SC4=C(SC=CS4)S3)[Se]2)C(C)(C)N1[O]. The van der Waals surface area contributed by atoms with Crippen molar-refractivity contribution in [1.29, 1.82) is 0 Å². The van der Waals surface area contributed by atoms with Crippen molar-refractivity contribution in [2.75, 3.05) is 0 Å². The summed E-state index contributed by atoms with van der Waals surface area (Å²) in [6.45, 7) is 8.40. The Kier molecular flexibility index (Phi) is 4.32. The third kappa shape index (κ3) is 2.42. The fourth-order valence-corrected chi connectivity index (χ4v) is 16.7. The number of hydrogen-bond acceptors (Lipinski definition) is 5. The van der Waals surface area contributed by atoms with Crippen LogP contribution in [-0.4, -0.2) is 46.1 Å². The molecule has 0 bridgehead atoms. The van der Waals surface area contributed by atoms with Gasteiger partial charge < -0.3 is 0 Å². The van der Waals surface area contributed by atoms with E-state index in [1.165, 1.54) is 26.7 Å². The zero-order valence-corrected chi connectivity index (χ0v) is 19.2. The summed E-state index contributed by atoms with van der Waals surface area (Å²) in [5.41, 5.74) is -0.649. The monoisotopic (exact) mass is 500 g/mol. The Bertz CT molecular complexity index is 641. The molecule has 0 aromatic heterocycles. The maximum atomic E-state index is 12.6. The van der Waals surface area contributed by atoms with Crippen LogP contribution in [0.4, 0.5) is 0 Å². The number of nitrogens with zero attached hydrogens (tertiary/aromatic N) is 1. The molecule has 0 aliphatic carbocycles. The van der Waals surface area contributed by atoms with Gasteiger partial charge in [-0.3, -0.25) is 0 Å². The summed E-state index contributed by atoms with van der Waals surface area (Å²) < 4.78 is 8.95. The first-order valence-electron chi connectivity index (χ1n) is 6.73. The third-order valence-corrected chi connectivity index (χ3v) is 18.1. The summed E-state index contributed by atoms with van der Waals surface area (Å²) in [6.07, 6.45) is 0. The molecule has 0 aromatic carbocycles. The van der Waals surface area contributed by atoms with Gasteiger partial charge in [-0.15, -0.1) is 0 Å². The summed E-state index contributed by atoms with van der Waals surface area (Å²) >= 11 is 8.31. The van der Waals surface area contributed by atoms with E-state index in [1.54, 1.807) is 3.37 Å². The number of thioether (sulfide) groups is 4. The van der Waals surface area contributed by atoms with Crippen LogP contribution in [0.3, 0.4) is 0 Å². The molecule has 1 radical (unpaired) electrons. The minimum absolute atomic E-state index is 0.324. The third-order valence-electron chi connectivity index (χ3n) is 3.83. The first-order valence-corrected chi connectivity index (χ1v) is 13.5. The Morgan fingerprint density at radius 1 is 0.864 bits per heavy atom. The van der Waals surface area contributed by atoms with Crippen LogP contribution < -0.4 is 0 Å². The van der Waals surface area contributed by atoms with Crippen molar-refractivity contribution in [3.05, 3.63) is 35.8 Å². The molecule has 0 unspecified atom stereocenters. The van der Waals surface area contributed by atoms with Crippen LogP contribution in [0.25, 0.3) is 0 Å². The molecule has 0 atom stereocenters. The number of rotatable bonds is 0. The average molecular weight is 498 g/mol. The first-order chi connectivity index (χ1) is 10.3. The van der Waals surface area contributed by atoms with Crippen LogP contribution in [0.1, 0.15) is 27.7 Å². The van der Waals surface area contributed by atoms with Crippen LogP contribution in [0.15, 0.2) is 35.8 Å². The summed E-state index contributed by atoms with van der Waals surface area (Å²) in [4.78, 5) is 0. The topological polar surface area (TPSA) is 23.1 Å². The second kappa shape index (κ2) is 5.66. The van der Waals surface area contributed by atoms with Crippen LogP contribution in [0, 0.1) is 0 Å². The standard InChI is InChI=1S/C14H14NOS4Se2/c1-13(2)7-8(14(3,4)15(13)16)22-12(21-7)11-19-9-10(20-11)18-6-5-17-9/h5-6H,1-4H3. The van der Waals surface area contributed by atoms with E-state index in [0.29, 0.717) is 29.9 Å². The van der Waals surface area contributed by atoms with Gasteiger partial charge in [0.2, 0.25) is 0 Å². The molecule has 4 aliphatic heterocycles. The van der Waals surface area contributed by atoms with Gasteiger partial charge in [-0.1, -0.05) is 0 Å². The fourth-order valence-electron chi connectivity index (χ4n) is 2.75. The second-order valence-corrected chi connectivity index (χ2v) is 16.4. The predicted molar refractivity (Wildman–Crippen MR) is 103 cm³/mol. The summed E-state index contributed by atoms with van der Waals surface area (Å²) in [6, 6.07) is 0. The molecule has 0 aromatic rings. The Labute approximate surface area is 160 Å². The first kappa shape index (κ1) is 16.8. The van der Waals surface area contributed by atoms with Crippen LogP contribution in [0.5, 0.6) is 0 Å². The molecule has 117 valence electrons. The van der Waals surface area contributed by atoms with Crippen molar-refractivity contribution in [3.63, 3.8) is 0 Å². The van der Waals surface area contributed by atoms with Crippen LogP contribution >= 0.6 is 47.0 Å². The van der Waals surface area contributed by atoms with Gasteiger partial charge in [0, 0.05) is 0 Å². The molecule has 0 saturated carbocycles. The van der Waals surface area contributed by atoms with Crippen molar-refractivity contribution >= 4 is 77.0 Å². The molecular formula is C14H14NOS4Se2. The van der Waals surface area contributed by atoms with Gasteiger partial charge in [0.25, 0.3) is 0 Å². The summed E-state index contributed by atoms with van der Waals surface area (Å²) in [7, 11) is 0. The summed E-state index contributed by atoms with van der Waals surface area (Å²) in [5, 5.41) is 18.3. The van der Waals surface area contributed by atoms with Crippen molar-refractivity contribution in [1.82, 2.24) is 5.06 Å². The normalized spacial score (nSPS) is 29.7. The van der Waals surface area contributed by atoms with Gasteiger partial charge in [-0.2, -0.15) is 0 Å². The van der Waals surface area contributed by atoms with E-state index in [2.05, 4.69) is 38.5 Å². The second-order valence-electron chi connectivity index (χ2n) is 6.14. The molecule has 4 heterocycles. The predicted octanol–water partition coefficient (Wildman–Crippen LogP) is 4.52. The molecule has 22 heavy (non-hydrogen) atoms. The van der Waals surface area contributed by atoms with E-state index >= 15 is 0 Å². The van der Waals surface area contributed by atoms with Gasteiger partial charge in [0.1, 0.15) is 0 Å². The number of hydroxylamine groups is 2. The Hall–Kier alpha value is 1.32. The molecule has 0 N–H and O–H groups in total. The molecule has 0 amide bonds. The van der Waals surface area contributed by atoms with Gasteiger partial charge >= 0.3 is 162 Å². The van der Waals surface area contributed by atoms with Crippen LogP contribution in [-0.2, 0) is 5.21 Å². The molecule has 2 nitrogen and oxygen atoms in total. The van der Waals surface area contributed by atoms with E-state index in [9.17, 15) is 5.21 Å². The van der Waals surface area contributed by atoms with E-state index in [1.807, 2.05) is 47.0 Å². The number of hydrogen-bond donors (Lipinski definition) is 0. The van der Waals surface area contributed by atoms with Crippen molar-refractivity contribution < 1.29 is 5.21 Å². The molecule has 0 saturated heterocycles. The molecule has 4 aliphatic rings. The Morgan fingerprint density at radius 2 is 1.32 bits per heavy atom. The van der Waals surface area contributed by atoms with Gasteiger partial charge in [-0.25, -0.2) is 0 Å². The molecule has 0 fully saturated rings. The Morgan fingerprint density at radius 3 is 1.77 bits per heavy atom.